The van der Waals surface area contributed by atoms with Crippen LogP contribution in [0.15, 0.2) is 51.1 Å². The highest BCUT2D eigenvalue weighted by molar-refractivity contribution is 7.98. The molecular weight excluding hydrogens is 430 g/mol. The molecular formula is C23H27N3O3S2. The van der Waals surface area contributed by atoms with Crippen LogP contribution in [0, 0.1) is 13.8 Å². The summed E-state index contributed by atoms with van der Waals surface area (Å²) in [7, 11) is 0. The Labute approximate surface area is 191 Å². The number of aryl methyl sites for hydroxylation is 2. The molecule has 8 heteroatoms. The maximum atomic E-state index is 13.1. The molecule has 1 N–H and O–H groups in total. The van der Waals surface area contributed by atoms with Gasteiger partial charge in [0.25, 0.3) is 5.91 Å². The van der Waals surface area contributed by atoms with Crippen molar-refractivity contribution in [2.75, 3.05) is 32.8 Å². The first-order chi connectivity index (χ1) is 15.1. The van der Waals surface area contributed by atoms with Crippen molar-refractivity contribution in [3.05, 3.63) is 69.6 Å². The highest BCUT2D eigenvalue weighted by Gasteiger charge is 2.26. The molecule has 1 atom stereocenters. The molecule has 31 heavy (non-hydrogen) atoms. The van der Waals surface area contributed by atoms with Gasteiger partial charge in [-0.05, 0) is 38.1 Å². The molecule has 3 heterocycles. The van der Waals surface area contributed by atoms with E-state index in [0.717, 1.165) is 46.0 Å². The monoisotopic (exact) mass is 457 g/mol. The first-order valence-electron chi connectivity index (χ1n) is 10.4. The fourth-order valence-electron chi connectivity index (χ4n) is 3.62. The van der Waals surface area contributed by atoms with Gasteiger partial charge in [-0.2, -0.15) is 0 Å². The number of thioether (sulfide) groups is 1. The normalized spacial score (nSPS) is 15.7. The van der Waals surface area contributed by atoms with Crippen LogP contribution in [0.25, 0.3) is 0 Å². The van der Waals surface area contributed by atoms with E-state index >= 15 is 0 Å². The van der Waals surface area contributed by atoms with Gasteiger partial charge in [-0.3, -0.25) is 9.69 Å². The number of thiazole rings is 1. The Hall–Kier alpha value is -2.13. The zero-order valence-electron chi connectivity index (χ0n) is 17.8. The van der Waals surface area contributed by atoms with Crippen LogP contribution in [0.1, 0.15) is 38.6 Å². The molecule has 4 rings (SSSR count). The predicted octanol–water partition coefficient (Wildman–Crippen LogP) is 4.45. The van der Waals surface area contributed by atoms with Gasteiger partial charge in [-0.25, -0.2) is 4.98 Å². The van der Waals surface area contributed by atoms with Gasteiger partial charge in [-0.1, -0.05) is 12.1 Å². The van der Waals surface area contributed by atoms with Gasteiger partial charge in [0.1, 0.15) is 11.5 Å². The number of nitrogens with zero attached hydrogens (tertiary/aromatic N) is 2. The van der Waals surface area contributed by atoms with Gasteiger partial charge in [0, 0.05) is 35.7 Å². The molecule has 0 radical (unpaired) electrons. The van der Waals surface area contributed by atoms with Crippen LogP contribution in [0.5, 0.6) is 0 Å². The number of rotatable bonds is 8. The third kappa shape index (κ3) is 5.77. The van der Waals surface area contributed by atoms with Crippen LogP contribution in [-0.4, -0.2) is 48.6 Å². The van der Waals surface area contributed by atoms with Crippen LogP contribution in [0.4, 0.5) is 0 Å². The molecule has 1 fully saturated rings. The van der Waals surface area contributed by atoms with Crippen molar-refractivity contribution >= 4 is 29.0 Å². The largest absolute Gasteiger partial charge is 0.465 e. The molecule has 0 spiro atoms. The molecule has 1 aliphatic rings. The molecule has 0 saturated carbocycles. The van der Waals surface area contributed by atoms with Crippen LogP contribution in [-0.2, 0) is 10.5 Å². The fourth-order valence-corrected chi connectivity index (χ4v) is 5.28. The maximum Gasteiger partial charge on any atom is 0.252 e. The maximum absolute atomic E-state index is 13.1. The second-order valence-corrected chi connectivity index (χ2v) is 9.54. The average molecular weight is 458 g/mol. The lowest BCUT2D eigenvalue weighted by Gasteiger charge is -2.33. The number of ether oxygens (including phenoxy) is 1. The lowest BCUT2D eigenvalue weighted by molar-refractivity contribution is 0.0117. The van der Waals surface area contributed by atoms with Crippen LogP contribution < -0.4 is 5.32 Å². The van der Waals surface area contributed by atoms with Crippen molar-refractivity contribution in [3.63, 3.8) is 0 Å². The summed E-state index contributed by atoms with van der Waals surface area (Å²) in [5.41, 5.74) is 1.74. The summed E-state index contributed by atoms with van der Waals surface area (Å²) in [6.07, 6.45) is 0. The smallest absolute Gasteiger partial charge is 0.252 e. The van der Waals surface area contributed by atoms with E-state index in [0.29, 0.717) is 25.3 Å². The molecule has 1 amide bonds. The molecule has 1 saturated heterocycles. The molecule has 164 valence electrons. The summed E-state index contributed by atoms with van der Waals surface area (Å²) in [5.74, 6) is 2.43. The first kappa shape index (κ1) is 22.1. The molecule has 2 aromatic heterocycles. The zero-order chi connectivity index (χ0) is 21.6. The lowest BCUT2D eigenvalue weighted by Crippen LogP contribution is -2.43. The van der Waals surface area contributed by atoms with Crippen molar-refractivity contribution < 1.29 is 13.9 Å². The van der Waals surface area contributed by atoms with Gasteiger partial charge in [-0.15, -0.1) is 23.1 Å². The van der Waals surface area contributed by atoms with Crippen LogP contribution in [0.2, 0.25) is 0 Å². The fraction of sp³-hybridized carbons (Fsp3) is 0.391. The van der Waals surface area contributed by atoms with Crippen molar-refractivity contribution in [3.8, 4) is 0 Å². The van der Waals surface area contributed by atoms with Gasteiger partial charge >= 0.3 is 0 Å². The Bertz CT molecular complexity index is 1010. The summed E-state index contributed by atoms with van der Waals surface area (Å²) in [6.45, 7) is 7.45. The van der Waals surface area contributed by atoms with Gasteiger partial charge in [0.15, 0.2) is 0 Å². The van der Waals surface area contributed by atoms with E-state index in [4.69, 9.17) is 9.15 Å². The SMILES string of the molecule is Cc1ccc(C(CNC(=O)c2ccccc2SCc2csc(C)n2)N2CCOCC2)o1. The second-order valence-electron chi connectivity index (χ2n) is 7.47. The predicted molar refractivity (Wildman–Crippen MR) is 124 cm³/mol. The summed E-state index contributed by atoms with van der Waals surface area (Å²) < 4.78 is 11.4. The molecule has 1 aromatic carbocycles. The Morgan fingerprint density at radius 2 is 2.03 bits per heavy atom. The van der Waals surface area contributed by atoms with E-state index in [2.05, 4.69) is 20.6 Å². The third-order valence-corrected chi connectivity index (χ3v) is 7.14. The number of amides is 1. The van der Waals surface area contributed by atoms with Crippen LogP contribution >= 0.6 is 23.1 Å². The number of hydrogen-bond acceptors (Lipinski definition) is 7. The lowest BCUT2D eigenvalue weighted by atomic mass is 10.1. The van der Waals surface area contributed by atoms with Crippen molar-refractivity contribution in [1.82, 2.24) is 15.2 Å². The van der Waals surface area contributed by atoms with Crippen molar-refractivity contribution in [2.24, 2.45) is 0 Å². The van der Waals surface area contributed by atoms with Gasteiger partial charge in [0.05, 0.1) is 35.5 Å². The van der Waals surface area contributed by atoms with E-state index in [1.165, 1.54) is 0 Å². The minimum Gasteiger partial charge on any atom is -0.465 e. The average Bonchev–Trinajstić information content (AvgIpc) is 3.41. The van der Waals surface area contributed by atoms with Crippen molar-refractivity contribution in [1.29, 1.82) is 0 Å². The van der Waals surface area contributed by atoms with E-state index in [-0.39, 0.29) is 11.9 Å². The number of benzene rings is 1. The Balaban J connectivity index is 1.44. The van der Waals surface area contributed by atoms with E-state index < -0.39 is 0 Å². The molecule has 3 aromatic rings. The van der Waals surface area contributed by atoms with Crippen LogP contribution in [0.3, 0.4) is 0 Å². The number of nitrogens with one attached hydrogen (secondary N) is 1. The molecule has 1 aliphatic heterocycles. The first-order valence-corrected chi connectivity index (χ1v) is 12.3. The summed E-state index contributed by atoms with van der Waals surface area (Å²) in [4.78, 5) is 20.9. The third-order valence-electron chi connectivity index (χ3n) is 5.21. The van der Waals surface area contributed by atoms with E-state index in [9.17, 15) is 4.79 Å². The van der Waals surface area contributed by atoms with Gasteiger partial charge in [0.2, 0.25) is 0 Å². The minimum atomic E-state index is -0.0703. The summed E-state index contributed by atoms with van der Waals surface area (Å²) >= 11 is 3.29. The number of hydrogen-bond donors (Lipinski definition) is 1. The number of morpholine rings is 1. The van der Waals surface area contributed by atoms with E-state index in [1.54, 1.807) is 23.1 Å². The Morgan fingerprint density at radius 3 is 2.74 bits per heavy atom. The zero-order valence-corrected chi connectivity index (χ0v) is 19.4. The van der Waals surface area contributed by atoms with Gasteiger partial charge < -0.3 is 14.5 Å². The van der Waals surface area contributed by atoms with E-state index in [1.807, 2.05) is 50.2 Å². The quantitative estimate of drug-likeness (QED) is 0.504. The summed E-state index contributed by atoms with van der Waals surface area (Å²) in [6, 6.07) is 11.7. The highest BCUT2D eigenvalue weighted by atomic mass is 32.2. The summed E-state index contributed by atoms with van der Waals surface area (Å²) in [5, 5.41) is 6.27. The highest BCUT2D eigenvalue weighted by Crippen LogP contribution is 2.28. The molecule has 1 unspecified atom stereocenters. The number of furan rings is 1. The number of carbonyl (C=O) groups excluding carboxylic acids is 1. The molecule has 0 aliphatic carbocycles. The minimum absolute atomic E-state index is 0.0145. The number of aromatic nitrogens is 1. The Kier molecular flexibility index (Phi) is 7.45. The topological polar surface area (TPSA) is 67.6 Å². The Morgan fingerprint density at radius 1 is 1.23 bits per heavy atom. The van der Waals surface area contributed by atoms with Crippen molar-refractivity contribution in [2.45, 2.75) is 30.5 Å². The second kappa shape index (κ2) is 10.5. The standard InChI is InChI=1S/C23H27N3O3S2/c1-16-7-8-21(29-16)20(26-9-11-28-12-10-26)13-24-23(27)19-5-3-4-6-22(19)31-15-18-14-30-17(2)25-18/h3-8,14,20H,9-13,15H2,1-2H3,(H,24,27). The number of carbonyl (C=O) groups is 1. The molecule has 0 bridgehead atoms. The molecule has 6 nitrogen and oxygen atoms in total.